The highest BCUT2D eigenvalue weighted by Gasteiger charge is 2.32. The normalized spacial score (nSPS) is 15.2. The third-order valence-corrected chi connectivity index (χ3v) is 5.77. The summed E-state index contributed by atoms with van der Waals surface area (Å²) in [6, 6.07) is 8.77. The highest BCUT2D eigenvalue weighted by Crippen LogP contribution is 2.34. The van der Waals surface area contributed by atoms with Crippen LogP contribution >= 0.6 is 22.7 Å². The van der Waals surface area contributed by atoms with Crippen molar-refractivity contribution in [2.24, 2.45) is 0 Å². The molecule has 3 heterocycles. The first-order chi connectivity index (χ1) is 12.4. The zero-order chi connectivity index (χ0) is 18.3. The minimum absolute atomic E-state index is 0.0261. The van der Waals surface area contributed by atoms with E-state index in [2.05, 4.69) is 15.5 Å². The van der Waals surface area contributed by atoms with Crippen LogP contribution in [0.4, 0.5) is 5.13 Å². The van der Waals surface area contributed by atoms with E-state index in [1.165, 1.54) is 11.3 Å². The third kappa shape index (κ3) is 3.25. The molecule has 0 spiro atoms. The van der Waals surface area contributed by atoms with Crippen LogP contribution in [-0.2, 0) is 0 Å². The van der Waals surface area contributed by atoms with Gasteiger partial charge in [0.05, 0.1) is 16.9 Å². The SMILES string of the molecule is CC1(C)CC(=O)c2cc(C(=O)Nc3nnc(-c4cccs4)s3)ccc2O1. The highest BCUT2D eigenvalue weighted by molar-refractivity contribution is 7.23. The fourth-order valence-electron chi connectivity index (χ4n) is 2.74. The van der Waals surface area contributed by atoms with Crippen LogP contribution in [0.25, 0.3) is 9.88 Å². The number of hydrogen-bond acceptors (Lipinski definition) is 7. The van der Waals surface area contributed by atoms with Gasteiger partial charge in [-0.05, 0) is 43.5 Å². The fourth-order valence-corrected chi connectivity index (χ4v) is 4.27. The van der Waals surface area contributed by atoms with E-state index < -0.39 is 5.60 Å². The van der Waals surface area contributed by atoms with E-state index >= 15 is 0 Å². The molecule has 2 aromatic heterocycles. The summed E-state index contributed by atoms with van der Waals surface area (Å²) in [5.74, 6) is 0.153. The molecule has 1 N–H and O–H groups in total. The van der Waals surface area contributed by atoms with Crippen molar-refractivity contribution >= 4 is 39.5 Å². The smallest absolute Gasteiger partial charge is 0.257 e. The van der Waals surface area contributed by atoms with E-state index in [4.69, 9.17) is 4.74 Å². The van der Waals surface area contributed by atoms with E-state index in [0.717, 1.165) is 9.88 Å². The van der Waals surface area contributed by atoms with E-state index in [0.29, 0.717) is 22.0 Å². The second kappa shape index (κ2) is 6.30. The number of ketones is 1. The van der Waals surface area contributed by atoms with Crippen LogP contribution in [0.2, 0.25) is 0 Å². The summed E-state index contributed by atoms with van der Waals surface area (Å²) in [6.07, 6.45) is 0.283. The zero-order valence-corrected chi connectivity index (χ0v) is 15.7. The molecule has 1 aliphatic heterocycles. The third-order valence-electron chi connectivity index (χ3n) is 3.89. The Bertz CT molecular complexity index is 993. The molecule has 1 aromatic carbocycles. The first kappa shape index (κ1) is 16.9. The average molecular weight is 385 g/mol. The maximum absolute atomic E-state index is 12.5. The molecule has 6 nitrogen and oxygen atoms in total. The number of carbonyl (C=O) groups excluding carboxylic acids is 2. The van der Waals surface area contributed by atoms with Crippen molar-refractivity contribution in [3.8, 4) is 15.6 Å². The number of hydrogen-bond donors (Lipinski definition) is 1. The predicted octanol–water partition coefficient (Wildman–Crippen LogP) is 4.26. The monoisotopic (exact) mass is 385 g/mol. The lowest BCUT2D eigenvalue weighted by molar-refractivity contribution is 0.0620. The summed E-state index contributed by atoms with van der Waals surface area (Å²) >= 11 is 2.87. The number of aromatic nitrogens is 2. The molecule has 1 amide bonds. The number of benzene rings is 1. The number of thiophene rings is 1. The zero-order valence-electron chi connectivity index (χ0n) is 14.1. The molecule has 0 atom stereocenters. The van der Waals surface area contributed by atoms with Crippen molar-refractivity contribution in [1.29, 1.82) is 0 Å². The molecule has 8 heteroatoms. The maximum Gasteiger partial charge on any atom is 0.257 e. The van der Waals surface area contributed by atoms with Crippen LogP contribution in [0.3, 0.4) is 0 Å². The summed E-state index contributed by atoms with van der Waals surface area (Å²) in [7, 11) is 0. The minimum atomic E-state index is -0.529. The molecule has 0 aliphatic carbocycles. The van der Waals surface area contributed by atoms with Gasteiger partial charge in [-0.2, -0.15) is 0 Å². The van der Waals surface area contributed by atoms with Crippen LogP contribution in [0.15, 0.2) is 35.7 Å². The predicted molar refractivity (Wildman–Crippen MR) is 101 cm³/mol. The molecule has 0 saturated heterocycles. The number of Topliss-reactive ketones (excluding diaryl/α,β-unsaturated/α-hetero) is 1. The Morgan fingerprint density at radius 3 is 2.88 bits per heavy atom. The summed E-state index contributed by atoms with van der Waals surface area (Å²) in [5.41, 5.74) is 0.292. The molecule has 0 unspecified atom stereocenters. The van der Waals surface area contributed by atoms with Gasteiger partial charge in [0.25, 0.3) is 5.91 Å². The minimum Gasteiger partial charge on any atom is -0.487 e. The number of fused-ring (bicyclic) bond motifs is 1. The Kier molecular flexibility index (Phi) is 4.08. The van der Waals surface area contributed by atoms with Crippen LogP contribution in [0, 0.1) is 0 Å². The summed E-state index contributed by atoms with van der Waals surface area (Å²) in [4.78, 5) is 25.8. The molecule has 0 saturated carbocycles. The first-order valence-corrected chi connectivity index (χ1v) is 9.66. The van der Waals surface area contributed by atoms with Crippen LogP contribution < -0.4 is 10.1 Å². The van der Waals surface area contributed by atoms with Gasteiger partial charge in [-0.1, -0.05) is 17.4 Å². The molecule has 1 aliphatic rings. The Morgan fingerprint density at radius 2 is 2.12 bits per heavy atom. The van der Waals surface area contributed by atoms with Gasteiger partial charge in [0, 0.05) is 5.56 Å². The number of anilines is 1. The van der Waals surface area contributed by atoms with Gasteiger partial charge in [0.1, 0.15) is 11.4 Å². The topological polar surface area (TPSA) is 81.2 Å². The van der Waals surface area contributed by atoms with E-state index in [-0.39, 0.29) is 18.1 Å². The number of carbonyl (C=O) groups is 2. The molecular formula is C18H15N3O3S2. The van der Waals surface area contributed by atoms with E-state index in [9.17, 15) is 9.59 Å². The Balaban J connectivity index is 1.54. The fraction of sp³-hybridized carbons (Fsp3) is 0.222. The first-order valence-electron chi connectivity index (χ1n) is 7.96. The molecule has 3 aromatic rings. The van der Waals surface area contributed by atoms with Crippen LogP contribution in [0.1, 0.15) is 41.0 Å². The van der Waals surface area contributed by atoms with Crippen molar-refractivity contribution in [2.75, 3.05) is 5.32 Å². The lowest BCUT2D eigenvalue weighted by atomic mass is 9.92. The second-order valence-corrected chi connectivity index (χ2v) is 8.44. The Morgan fingerprint density at radius 1 is 1.27 bits per heavy atom. The highest BCUT2D eigenvalue weighted by atomic mass is 32.1. The van der Waals surface area contributed by atoms with Gasteiger partial charge >= 0.3 is 0 Å². The number of nitrogens with zero attached hydrogens (tertiary/aromatic N) is 2. The molecule has 0 bridgehead atoms. The van der Waals surface area contributed by atoms with Gasteiger partial charge < -0.3 is 4.74 Å². The molecule has 0 radical (unpaired) electrons. The second-order valence-electron chi connectivity index (χ2n) is 6.52. The molecular weight excluding hydrogens is 370 g/mol. The quantitative estimate of drug-likeness (QED) is 0.728. The molecule has 132 valence electrons. The van der Waals surface area contributed by atoms with Crippen molar-refractivity contribution < 1.29 is 14.3 Å². The lowest BCUT2D eigenvalue weighted by Gasteiger charge is -2.31. The van der Waals surface area contributed by atoms with Gasteiger partial charge in [-0.25, -0.2) is 0 Å². The van der Waals surface area contributed by atoms with Crippen LogP contribution in [0.5, 0.6) is 5.75 Å². The molecule has 0 fully saturated rings. The summed E-state index contributed by atoms with van der Waals surface area (Å²) in [6.45, 7) is 3.74. The van der Waals surface area contributed by atoms with Crippen molar-refractivity contribution in [2.45, 2.75) is 25.9 Å². The lowest BCUT2D eigenvalue weighted by Crippen LogP contribution is -2.36. The van der Waals surface area contributed by atoms with Crippen molar-refractivity contribution in [1.82, 2.24) is 10.2 Å². The summed E-state index contributed by atoms with van der Waals surface area (Å²) < 4.78 is 5.82. The average Bonchev–Trinajstić information content (AvgIpc) is 3.24. The van der Waals surface area contributed by atoms with E-state index in [1.54, 1.807) is 29.5 Å². The van der Waals surface area contributed by atoms with Gasteiger partial charge in [-0.15, -0.1) is 21.5 Å². The number of amides is 1. The Hall–Kier alpha value is -2.58. The van der Waals surface area contributed by atoms with Crippen LogP contribution in [-0.4, -0.2) is 27.5 Å². The maximum atomic E-state index is 12.5. The number of rotatable bonds is 3. The van der Waals surface area contributed by atoms with Crippen molar-refractivity contribution in [3.63, 3.8) is 0 Å². The molecule has 26 heavy (non-hydrogen) atoms. The number of ether oxygens (including phenoxy) is 1. The Labute approximate surface area is 157 Å². The molecule has 4 rings (SSSR count). The van der Waals surface area contributed by atoms with Crippen molar-refractivity contribution in [3.05, 3.63) is 46.8 Å². The van der Waals surface area contributed by atoms with E-state index in [1.807, 2.05) is 31.4 Å². The summed E-state index contributed by atoms with van der Waals surface area (Å²) in [5, 5.41) is 14.0. The largest absolute Gasteiger partial charge is 0.487 e. The standard InChI is InChI=1S/C18H15N3O3S2/c1-18(2)9-12(22)11-8-10(5-6-13(11)24-18)15(23)19-17-21-20-16(26-17)14-4-3-7-25-14/h3-8H,9H2,1-2H3,(H,19,21,23). The van der Waals surface area contributed by atoms with Gasteiger partial charge in [0.15, 0.2) is 10.8 Å². The van der Waals surface area contributed by atoms with Gasteiger partial charge in [-0.3, -0.25) is 14.9 Å². The van der Waals surface area contributed by atoms with Gasteiger partial charge in [0.2, 0.25) is 5.13 Å². The number of nitrogens with one attached hydrogen (secondary N) is 1.